The molecule has 2 aromatic rings. The van der Waals surface area contributed by atoms with Crippen molar-refractivity contribution in [3.63, 3.8) is 0 Å². The van der Waals surface area contributed by atoms with E-state index in [1.165, 1.54) is 4.68 Å². The Kier molecular flexibility index (Phi) is 2.82. The molecule has 2 rings (SSSR count). The highest BCUT2D eigenvalue weighted by atomic mass is 16.5. The molecular weight excluding hydrogens is 222 g/mol. The summed E-state index contributed by atoms with van der Waals surface area (Å²) in [5, 5.41) is 10.2. The van der Waals surface area contributed by atoms with Gasteiger partial charge in [-0.05, 0) is 13.8 Å². The van der Waals surface area contributed by atoms with Gasteiger partial charge in [0.1, 0.15) is 12.4 Å². The Bertz CT molecular complexity index is 523. The molecule has 7 nitrogen and oxygen atoms in total. The van der Waals surface area contributed by atoms with Crippen LogP contribution in [0.1, 0.15) is 11.3 Å². The monoisotopic (exact) mass is 235 g/mol. The van der Waals surface area contributed by atoms with Crippen molar-refractivity contribution in [3.8, 4) is 0 Å². The van der Waals surface area contributed by atoms with Gasteiger partial charge in [0.2, 0.25) is 11.8 Å². The molecular formula is C10H13N5O2. The second-order valence-corrected chi connectivity index (χ2v) is 3.78. The molecule has 0 spiro atoms. The predicted molar refractivity (Wildman–Crippen MR) is 61.2 cm³/mol. The first-order chi connectivity index (χ1) is 8.04. The van der Waals surface area contributed by atoms with Gasteiger partial charge >= 0.3 is 0 Å². The standard InChI is InChI=1S/C10H13N5O2/c1-6-4-15(13-10(6)11)5-8(16)12-9-3-7(2)14-17-9/h3-4H,5H2,1-2H3,(H2,11,13)(H,12,16). The summed E-state index contributed by atoms with van der Waals surface area (Å²) in [6.07, 6.45) is 1.71. The molecule has 0 aliphatic rings. The maximum atomic E-state index is 11.6. The number of amides is 1. The Morgan fingerprint density at radius 1 is 1.59 bits per heavy atom. The number of nitrogen functional groups attached to an aromatic ring is 1. The summed E-state index contributed by atoms with van der Waals surface area (Å²) in [6, 6.07) is 1.64. The summed E-state index contributed by atoms with van der Waals surface area (Å²) in [6.45, 7) is 3.69. The molecule has 0 unspecified atom stereocenters. The van der Waals surface area contributed by atoms with Crippen molar-refractivity contribution in [2.75, 3.05) is 11.1 Å². The van der Waals surface area contributed by atoms with Crippen molar-refractivity contribution in [2.45, 2.75) is 20.4 Å². The van der Waals surface area contributed by atoms with Gasteiger partial charge < -0.3 is 10.3 Å². The van der Waals surface area contributed by atoms with E-state index in [0.29, 0.717) is 17.4 Å². The summed E-state index contributed by atoms with van der Waals surface area (Å²) in [4.78, 5) is 11.6. The molecule has 0 aromatic carbocycles. The number of aryl methyl sites for hydroxylation is 2. The van der Waals surface area contributed by atoms with Crippen LogP contribution in [0.4, 0.5) is 11.7 Å². The molecule has 2 heterocycles. The zero-order valence-electron chi connectivity index (χ0n) is 9.60. The van der Waals surface area contributed by atoms with Crippen LogP contribution >= 0.6 is 0 Å². The molecule has 3 N–H and O–H groups in total. The summed E-state index contributed by atoms with van der Waals surface area (Å²) in [5.74, 6) is 0.501. The van der Waals surface area contributed by atoms with Crippen molar-refractivity contribution in [1.82, 2.24) is 14.9 Å². The molecule has 7 heteroatoms. The van der Waals surface area contributed by atoms with Gasteiger partial charge in [0, 0.05) is 17.8 Å². The molecule has 0 radical (unpaired) electrons. The highest BCUT2D eigenvalue weighted by Gasteiger charge is 2.09. The maximum Gasteiger partial charge on any atom is 0.248 e. The maximum absolute atomic E-state index is 11.6. The quantitative estimate of drug-likeness (QED) is 0.816. The van der Waals surface area contributed by atoms with E-state index in [1.54, 1.807) is 19.2 Å². The van der Waals surface area contributed by atoms with E-state index < -0.39 is 0 Å². The lowest BCUT2D eigenvalue weighted by Gasteiger charge is -2.00. The molecule has 90 valence electrons. The van der Waals surface area contributed by atoms with Crippen LogP contribution in [0.3, 0.4) is 0 Å². The minimum atomic E-state index is -0.247. The first-order valence-corrected chi connectivity index (χ1v) is 5.07. The second-order valence-electron chi connectivity index (χ2n) is 3.78. The number of aromatic nitrogens is 3. The van der Waals surface area contributed by atoms with Gasteiger partial charge in [-0.2, -0.15) is 5.10 Å². The van der Waals surface area contributed by atoms with Crippen molar-refractivity contribution in [2.24, 2.45) is 0 Å². The van der Waals surface area contributed by atoms with Gasteiger partial charge in [-0.3, -0.25) is 14.8 Å². The van der Waals surface area contributed by atoms with Crippen LogP contribution in [0.2, 0.25) is 0 Å². The summed E-state index contributed by atoms with van der Waals surface area (Å²) in [5.41, 5.74) is 7.13. The summed E-state index contributed by atoms with van der Waals surface area (Å²) < 4.78 is 6.34. The van der Waals surface area contributed by atoms with E-state index in [9.17, 15) is 4.79 Å². The predicted octanol–water partition coefficient (Wildman–Crippen LogP) is 0.709. The highest BCUT2D eigenvalue weighted by molar-refractivity contribution is 5.89. The number of nitrogens with one attached hydrogen (secondary N) is 1. The lowest BCUT2D eigenvalue weighted by Crippen LogP contribution is -2.18. The molecule has 0 atom stereocenters. The number of rotatable bonds is 3. The third-order valence-electron chi connectivity index (χ3n) is 2.18. The Morgan fingerprint density at radius 3 is 2.88 bits per heavy atom. The van der Waals surface area contributed by atoms with E-state index in [0.717, 1.165) is 5.56 Å². The first kappa shape index (κ1) is 11.2. The SMILES string of the molecule is Cc1cc(NC(=O)Cn2cc(C)c(N)n2)on1. The molecule has 2 aromatic heterocycles. The van der Waals surface area contributed by atoms with E-state index in [4.69, 9.17) is 10.3 Å². The summed E-state index contributed by atoms with van der Waals surface area (Å²) in [7, 11) is 0. The van der Waals surface area contributed by atoms with Gasteiger partial charge in [-0.1, -0.05) is 5.16 Å². The fourth-order valence-corrected chi connectivity index (χ4v) is 1.36. The largest absolute Gasteiger partial charge is 0.382 e. The number of hydrogen-bond acceptors (Lipinski definition) is 5. The number of carbonyl (C=O) groups excluding carboxylic acids is 1. The zero-order chi connectivity index (χ0) is 12.4. The van der Waals surface area contributed by atoms with Crippen molar-refractivity contribution >= 4 is 17.6 Å². The average molecular weight is 235 g/mol. The van der Waals surface area contributed by atoms with Crippen LogP contribution < -0.4 is 11.1 Å². The van der Waals surface area contributed by atoms with E-state index >= 15 is 0 Å². The zero-order valence-corrected chi connectivity index (χ0v) is 9.60. The normalized spacial score (nSPS) is 10.5. The lowest BCUT2D eigenvalue weighted by molar-refractivity contribution is -0.117. The Labute approximate surface area is 97.6 Å². The van der Waals surface area contributed by atoms with Gasteiger partial charge in [-0.15, -0.1) is 0 Å². The van der Waals surface area contributed by atoms with Crippen LogP contribution in [-0.4, -0.2) is 20.8 Å². The van der Waals surface area contributed by atoms with Crippen LogP contribution in [0, 0.1) is 13.8 Å². The van der Waals surface area contributed by atoms with Gasteiger partial charge in [0.05, 0.1) is 5.69 Å². The highest BCUT2D eigenvalue weighted by Crippen LogP contribution is 2.09. The third-order valence-corrected chi connectivity index (χ3v) is 2.18. The number of anilines is 2. The fourth-order valence-electron chi connectivity index (χ4n) is 1.36. The van der Waals surface area contributed by atoms with E-state index in [-0.39, 0.29) is 12.5 Å². The molecule has 1 amide bonds. The van der Waals surface area contributed by atoms with Crippen LogP contribution in [-0.2, 0) is 11.3 Å². The van der Waals surface area contributed by atoms with Crippen LogP contribution in [0.5, 0.6) is 0 Å². The van der Waals surface area contributed by atoms with Crippen molar-refractivity contribution in [3.05, 3.63) is 23.5 Å². The first-order valence-electron chi connectivity index (χ1n) is 5.07. The lowest BCUT2D eigenvalue weighted by atomic mass is 10.4. The van der Waals surface area contributed by atoms with Gasteiger partial charge in [-0.25, -0.2) is 0 Å². The molecule has 0 fully saturated rings. The average Bonchev–Trinajstić information content (AvgIpc) is 2.75. The fraction of sp³-hybridized carbons (Fsp3) is 0.300. The van der Waals surface area contributed by atoms with Crippen molar-refractivity contribution in [1.29, 1.82) is 0 Å². The Morgan fingerprint density at radius 2 is 2.35 bits per heavy atom. The Hall–Kier alpha value is -2.31. The minimum Gasteiger partial charge on any atom is -0.382 e. The van der Waals surface area contributed by atoms with Crippen molar-refractivity contribution < 1.29 is 9.32 Å². The smallest absolute Gasteiger partial charge is 0.248 e. The molecule has 0 aliphatic heterocycles. The molecule has 17 heavy (non-hydrogen) atoms. The molecule has 0 saturated heterocycles. The molecule has 0 bridgehead atoms. The van der Waals surface area contributed by atoms with Crippen LogP contribution in [0.15, 0.2) is 16.8 Å². The second kappa shape index (κ2) is 4.28. The van der Waals surface area contributed by atoms with Gasteiger partial charge in [0.25, 0.3) is 0 Å². The number of nitrogens with zero attached hydrogens (tertiary/aromatic N) is 3. The number of nitrogens with two attached hydrogens (primary N) is 1. The topological polar surface area (TPSA) is 99.0 Å². The van der Waals surface area contributed by atoms with Gasteiger partial charge in [0.15, 0.2) is 0 Å². The van der Waals surface area contributed by atoms with E-state index in [1.807, 2.05) is 6.92 Å². The minimum absolute atomic E-state index is 0.0811. The summed E-state index contributed by atoms with van der Waals surface area (Å²) >= 11 is 0. The number of hydrogen-bond donors (Lipinski definition) is 2. The molecule has 0 saturated carbocycles. The Balaban J connectivity index is 1.97. The van der Waals surface area contributed by atoms with E-state index in [2.05, 4.69) is 15.6 Å². The third kappa shape index (κ3) is 2.63. The molecule has 0 aliphatic carbocycles. The number of carbonyl (C=O) groups is 1. The van der Waals surface area contributed by atoms with Crippen LogP contribution in [0.25, 0.3) is 0 Å².